The van der Waals surface area contributed by atoms with Gasteiger partial charge in [0.15, 0.2) is 0 Å². The van der Waals surface area contributed by atoms with Gasteiger partial charge in [0.1, 0.15) is 0 Å². The van der Waals surface area contributed by atoms with Crippen molar-refractivity contribution >= 4 is 5.96 Å². The van der Waals surface area contributed by atoms with Crippen molar-refractivity contribution in [2.75, 3.05) is 19.7 Å². The number of hydrogen-bond donors (Lipinski definition) is 3. The normalized spacial score (nSPS) is 27.5. The fourth-order valence-electron chi connectivity index (χ4n) is 2.82. The van der Waals surface area contributed by atoms with Gasteiger partial charge >= 0.3 is 0 Å². The predicted molar refractivity (Wildman–Crippen MR) is 68.4 cm³/mol. The number of guanidine groups is 1. The molecule has 1 saturated heterocycles. The van der Waals surface area contributed by atoms with Gasteiger partial charge in [0.2, 0.25) is 5.96 Å². The van der Waals surface area contributed by atoms with Gasteiger partial charge in [-0.25, -0.2) is 10.8 Å². The zero-order valence-corrected chi connectivity index (χ0v) is 10.4. The molecule has 5 heteroatoms. The van der Waals surface area contributed by atoms with Crippen LogP contribution in [0.2, 0.25) is 0 Å². The first-order valence-corrected chi connectivity index (χ1v) is 6.73. The monoisotopic (exact) mass is 240 g/mol. The first-order chi connectivity index (χ1) is 8.33. The van der Waals surface area contributed by atoms with E-state index in [1.807, 2.05) is 0 Å². The van der Waals surface area contributed by atoms with Crippen LogP contribution in [0, 0.1) is 5.92 Å². The van der Waals surface area contributed by atoms with Gasteiger partial charge in [-0.2, -0.15) is 0 Å². The molecule has 2 fully saturated rings. The maximum atomic E-state index is 9.23. The number of nitrogens with zero attached hydrogens (tertiary/aromatic N) is 2. The number of nitrogens with one attached hydrogen (secondary N) is 1. The maximum absolute atomic E-state index is 9.23. The maximum Gasteiger partial charge on any atom is 0.208 e. The number of rotatable bonds is 2. The summed E-state index contributed by atoms with van der Waals surface area (Å²) in [5.41, 5.74) is 2.74. The van der Waals surface area contributed by atoms with Crippen LogP contribution in [-0.4, -0.2) is 41.7 Å². The highest BCUT2D eigenvalue weighted by molar-refractivity contribution is 5.79. The van der Waals surface area contributed by atoms with Crippen molar-refractivity contribution < 1.29 is 5.11 Å². The minimum absolute atomic E-state index is 0.262. The molecule has 98 valence electrons. The summed E-state index contributed by atoms with van der Waals surface area (Å²) >= 11 is 0. The lowest BCUT2D eigenvalue weighted by Gasteiger charge is -2.34. The molecule has 5 nitrogen and oxygen atoms in total. The molecule has 2 aliphatic rings. The third-order valence-electron chi connectivity index (χ3n) is 3.84. The van der Waals surface area contributed by atoms with E-state index in [-0.39, 0.29) is 6.61 Å². The standard InChI is InChI=1S/C12H24N4O/c13-15-12(14-11-5-1-2-6-11)16-7-3-4-10(8-16)9-17/h10-11,17H,1-9,13H2,(H,14,15). The molecule has 17 heavy (non-hydrogen) atoms. The van der Waals surface area contributed by atoms with Crippen LogP contribution in [0.4, 0.5) is 0 Å². The van der Waals surface area contributed by atoms with Crippen LogP contribution >= 0.6 is 0 Å². The average Bonchev–Trinajstić information content (AvgIpc) is 2.89. The molecule has 1 heterocycles. The Morgan fingerprint density at radius 3 is 2.71 bits per heavy atom. The van der Waals surface area contributed by atoms with E-state index in [9.17, 15) is 5.11 Å². The quantitative estimate of drug-likeness (QED) is 0.284. The molecule has 1 aliphatic heterocycles. The molecule has 1 unspecified atom stereocenters. The van der Waals surface area contributed by atoms with E-state index in [0.29, 0.717) is 12.0 Å². The molecule has 1 aliphatic carbocycles. The molecule has 0 amide bonds. The lowest BCUT2D eigenvalue weighted by atomic mass is 9.99. The highest BCUT2D eigenvalue weighted by Crippen LogP contribution is 2.22. The van der Waals surface area contributed by atoms with E-state index in [2.05, 4.69) is 10.3 Å². The van der Waals surface area contributed by atoms with Crippen LogP contribution < -0.4 is 11.3 Å². The Morgan fingerprint density at radius 2 is 2.06 bits per heavy atom. The van der Waals surface area contributed by atoms with Crippen LogP contribution in [-0.2, 0) is 0 Å². The first kappa shape index (κ1) is 12.6. The van der Waals surface area contributed by atoms with Gasteiger partial charge in [-0.1, -0.05) is 12.8 Å². The number of aliphatic hydroxyl groups is 1. The molecule has 0 spiro atoms. The highest BCUT2D eigenvalue weighted by Gasteiger charge is 2.23. The summed E-state index contributed by atoms with van der Waals surface area (Å²) in [4.78, 5) is 6.89. The van der Waals surface area contributed by atoms with E-state index in [4.69, 9.17) is 10.8 Å². The van der Waals surface area contributed by atoms with E-state index in [0.717, 1.165) is 31.9 Å². The van der Waals surface area contributed by atoms with Crippen molar-refractivity contribution in [3.05, 3.63) is 0 Å². The minimum atomic E-state index is 0.262. The second-order valence-electron chi connectivity index (χ2n) is 5.17. The summed E-state index contributed by atoms with van der Waals surface area (Å²) in [5, 5.41) is 9.23. The number of hydrazine groups is 1. The Hall–Kier alpha value is -0.810. The minimum Gasteiger partial charge on any atom is -0.396 e. The average molecular weight is 240 g/mol. The molecule has 1 saturated carbocycles. The van der Waals surface area contributed by atoms with Crippen molar-refractivity contribution in [2.45, 2.75) is 44.6 Å². The fraction of sp³-hybridized carbons (Fsp3) is 0.917. The Labute approximate surface area is 103 Å². The Balaban J connectivity index is 1.96. The van der Waals surface area contributed by atoms with Crippen LogP contribution in [0.1, 0.15) is 38.5 Å². The van der Waals surface area contributed by atoms with Gasteiger partial charge in [-0.05, 0) is 31.6 Å². The van der Waals surface area contributed by atoms with Gasteiger partial charge < -0.3 is 10.0 Å². The molecule has 0 aromatic carbocycles. The van der Waals surface area contributed by atoms with Crippen molar-refractivity contribution in [2.24, 2.45) is 16.8 Å². The fourth-order valence-corrected chi connectivity index (χ4v) is 2.82. The van der Waals surface area contributed by atoms with Gasteiger partial charge in [0.25, 0.3) is 0 Å². The van der Waals surface area contributed by atoms with Crippen LogP contribution in [0.3, 0.4) is 0 Å². The number of likely N-dealkylation sites (tertiary alicyclic amines) is 1. The lowest BCUT2D eigenvalue weighted by molar-refractivity contribution is 0.158. The molecule has 1 atom stereocenters. The predicted octanol–water partition coefficient (Wildman–Crippen LogP) is 0.453. The summed E-state index contributed by atoms with van der Waals surface area (Å²) < 4.78 is 0. The summed E-state index contributed by atoms with van der Waals surface area (Å²) in [6.45, 7) is 2.12. The van der Waals surface area contributed by atoms with Crippen molar-refractivity contribution in [1.82, 2.24) is 10.3 Å². The van der Waals surface area contributed by atoms with Crippen LogP contribution in [0.5, 0.6) is 0 Å². The number of hydrogen-bond acceptors (Lipinski definition) is 3. The van der Waals surface area contributed by atoms with Crippen LogP contribution in [0.25, 0.3) is 0 Å². The Kier molecular flexibility index (Phi) is 4.62. The molecule has 4 N–H and O–H groups in total. The van der Waals surface area contributed by atoms with E-state index >= 15 is 0 Å². The first-order valence-electron chi connectivity index (χ1n) is 6.73. The van der Waals surface area contributed by atoms with Gasteiger partial charge in [0, 0.05) is 19.7 Å². The van der Waals surface area contributed by atoms with E-state index in [1.165, 1.54) is 25.7 Å². The summed E-state index contributed by atoms with van der Waals surface area (Å²) in [6.07, 6.45) is 7.15. The second kappa shape index (κ2) is 6.21. The highest BCUT2D eigenvalue weighted by atomic mass is 16.3. The van der Waals surface area contributed by atoms with Crippen molar-refractivity contribution in [1.29, 1.82) is 0 Å². The van der Waals surface area contributed by atoms with Gasteiger partial charge in [0.05, 0.1) is 6.04 Å². The van der Waals surface area contributed by atoms with Crippen molar-refractivity contribution in [3.63, 3.8) is 0 Å². The Morgan fingerprint density at radius 1 is 1.29 bits per heavy atom. The second-order valence-corrected chi connectivity index (χ2v) is 5.17. The molecular formula is C12H24N4O. The smallest absolute Gasteiger partial charge is 0.208 e. The van der Waals surface area contributed by atoms with Crippen molar-refractivity contribution in [3.8, 4) is 0 Å². The molecule has 0 radical (unpaired) electrons. The molecule has 0 aromatic heterocycles. The number of piperidine rings is 1. The summed E-state index contributed by atoms with van der Waals surface area (Å²) in [7, 11) is 0. The van der Waals surface area contributed by atoms with E-state index in [1.54, 1.807) is 0 Å². The third kappa shape index (κ3) is 3.33. The van der Waals surface area contributed by atoms with E-state index < -0.39 is 0 Å². The molecule has 0 bridgehead atoms. The Bertz CT molecular complexity index is 263. The SMILES string of the molecule is NNC(=NC1CCCC1)N1CCCC(CO)C1. The zero-order chi connectivity index (χ0) is 12.1. The summed E-state index contributed by atoms with van der Waals surface area (Å²) in [5.74, 6) is 6.77. The number of nitrogens with two attached hydrogens (primary N) is 1. The largest absolute Gasteiger partial charge is 0.396 e. The third-order valence-corrected chi connectivity index (χ3v) is 3.84. The van der Waals surface area contributed by atoms with Crippen LogP contribution in [0.15, 0.2) is 4.99 Å². The number of aliphatic imine (C=N–C) groups is 1. The molecule has 0 aromatic rings. The molecular weight excluding hydrogens is 216 g/mol. The van der Waals surface area contributed by atoms with Gasteiger partial charge in [-0.3, -0.25) is 5.43 Å². The lowest BCUT2D eigenvalue weighted by Crippen LogP contribution is -2.49. The topological polar surface area (TPSA) is 73.9 Å². The summed E-state index contributed by atoms with van der Waals surface area (Å²) in [6, 6.07) is 0.440. The molecule has 2 rings (SSSR count). The number of aliphatic hydroxyl groups excluding tert-OH is 1. The van der Waals surface area contributed by atoms with Gasteiger partial charge in [-0.15, -0.1) is 0 Å². The zero-order valence-electron chi connectivity index (χ0n) is 10.4.